The van der Waals surface area contributed by atoms with Gasteiger partial charge in [0, 0.05) is 6.54 Å². The molecule has 1 aliphatic carbocycles. The van der Waals surface area contributed by atoms with E-state index in [2.05, 4.69) is 31.5 Å². The zero-order valence-electron chi connectivity index (χ0n) is 10.8. The van der Waals surface area contributed by atoms with Gasteiger partial charge in [-0.3, -0.25) is 0 Å². The summed E-state index contributed by atoms with van der Waals surface area (Å²) >= 11 is 5.86. The molecule has 1 aliphatic rings. The molecule has 1 aromatic heterocycles. The van der Waals surface area contributed by atoms with Crippen molar-refractivity contribution >= 4 is 23.5 Å². The van der Waals surface area contributed by atoms with E-state index in [1.165, 1.54) is 32.1 Å². The number of hydrogen-bond donors (Lipinski definition) is 2. The third-order valence-corrected chi connectivity index (χ3v) is 3.40. The van der Waals surface area contributed by atoms with E-state index in [0.717, 1.165) is 6.54 Å². The maximum atomic E-state index is 5.86. The normalized spacial score (nSPS) is 15.8. The minimum absolute atomic E-state index is 0.167. The molecule has 1 saturated carbocycles. The van der Waals surface area contributed by atoms with Gasteiger partial charge in [0.2, 0.25) is 17.2 Å². The molecule has 0 radical (unpaired) electrons. The average molecular weight is 280 g/mol. The van der Waals surface area contributed by atoms with E-state index in [-0.39, 0.29) is 5.28 Å². The van der Waals surface area contributed by atoms with Crippen molar-refractivity contribution in [1.29, 1.82) is 0 Å². The van der Waals surface area contributed by atoms with Gasteiger partial charge >= 0.3 is 0 Å². The SMILES string of the molecule is C#CCNc1nc(Cl)nc(NCC2CCCCC2)n1. The van der Waals surface area contributed by atoms with Gasteiger partial charge in [-0.2, -0.15) is 15.0 Å². The number of aromatic nitrogens is 3. The lowest BCUT2D eigenvalue weighted by molar-refractivity contribution is 0.373. The summed E-state index contributed by atoms with van der Waals surface area (Å²) in [5.41, 5.74) is 0. The fourth-order valence-corrected chi connectivity index (χ4v) is 2.43. The van der Waals surface area contributed by atoms with E-state index in [9.17, 15) is 0 Å². The second kappa shape index (κ2) is 7.15. The van der Waals surface area contributed by atoms with Crippen molar-refractivity contribution in [2.75, 3.05) is 23.7 Å². The number of nitrogens with zero attached hydrogens (tertiary/aromatic N) is 3. The number of halogens is 1. The van der Waals surface area contributed by atoms with Crippen LogP contribution < -0.4 is 10.6 Å². The van der Waals surface area contributed by atoms with Crippen LogP contribution in [0.3, 0.4) is 0 Å². The van der Waals surface area contributed by atoms with Gasteiger partial charge < -0.3 is 10.6 Å². The molecule has 0 bridgehead atoms. The first kappa shape index (κ1) is 13.9. The Balaban J connectivity index is 1.91. The van der Waals surface area contributed by atoms with E-state index >= 15 is 0 Å². The zero-order valence-corrected chi connectivity index (χ0v) is 11.6. The Morgan fingerprint density at radius 3 is 2.47 bits per heavy atom. The first-order valence-corrected chi connectivity index (χ1v) is 6.98. The Morgan fingerprint density at radius 1 is 1.11 bits per heavy atom. The van der Waals surface area contributed by atoms with Gasteiger partial charge in [-0.1, -0.05) is 25.2 Å². The Labute approximate surface area is 118 Å². The second-order valence-corrected chi connectivity index (χ2v) is 5.03. The topological polar surface area (TPSA) is 62.7 Å². The molecule has 1 fully saturated rings. The number of rotatable bonds is 5. The molecule has 0 aromatic carbocycles. The quantitative estimate of drug-likeness (QED) is 0.811. The van der Waals surface area contributed by atoms with Crippen molar-refractivity contribution in [3.05, 3.63) is 5.28 Å². The maximum absolute atomic E-state index is 5.86. The first-order chi connectivity index (χ1) is 9.28. The van der Waals surface area contributed by atoms with Gasteiger partial charge in [-0.05, 0) is 30.4 Å². The molecule has 1 heterocycles. The summed E-state index contributed by atoms with van der Waals surface area (Å²) in [6.07, 6.45) is 11.7. The summed E-state index contributed by atoms with van der Waals surface area (Å²) in [4.78, 5) is 12.3. The van der Waals surface area contributed by atoms with Crippen LogP contribution in [0.2, 0.25) is 5.28 Å². The van der Waals surface area contributed by atoms with Crippen molar-refractivity contribution in [1.82, 2.24) is 15.0 Å². The van der Waals surface area contributed by atoms with Gasteiger partial charge in [-0.25, -0.2) is 0 Å². The Hall–Kier alpha value is -1.54. The molecule has 0 spiro atoms. The molecule has 102 valence electrons. The van der Waals surface area contributed by atoms with E-state index in [4.69, 9.17) is 18.0 Å². The van der Waals surface area contributed by atoms with Crippen molar-refractivity contribution in [3.8, 4) is 12.3 Å². The smallest absolute Gasteiger partial charge is 0.229 e. The minimum Gasteiger partial charge on any atom is -0.354 e. The lowest BCUT2D eigenvalue weighted by Crippen LogP contribution is -2.19. The van der Waals surface area contributed by atoms with Crippen molar-refractivity contribution in [2.24, 2.45) is 5.92 Å². The van der Waals surface area contributed by atoms with Crippen LogP contribution in [0.1, 0.15) is 32.1 Å². The van der Waals surface area contributed by atoms with E-state index in [1.54, 1.807) is 0 Å². The lowest BCUT2D eigenvalue weighted by Gasteiger charge is -2.21. The van der Waals surface area contributed by atoms with Crippen LogP contribution in [0.4, 0.5) is 11.9 Å². The van der Waals surface area contributed by atoms with Gasteiger partial charge in [-0.15, -0.1) is 6.42 Å². The fraction of sp³-hybridized carbons (Fsp3) is 0.615. The summed E-state index contributed by atoms with van der Waals surface area (Å²) in [5.74, 6) is 4.08. The molecule has 0 amide bonds. The number of nitrogens with one attached hydrogen (secondary N) is 2. The molecule has 0 saturated heterocycles. The van der Waals surface area contributed by atoms with Crippen LogP contribution in [-0.2, 0) is 0 Å². The monoisotopic (exact) mass is 279 g/mol. The number of hydrogen-bond acceptors (Lipinski definition) is 5. The minimum atomic E-state index is 0.167. The zero-order chi connectivity index (χ0) is 13.5. The van der Waals surface area contributed by atoms with Gasteiger partial charge in [0.15, 0.2) is 0 Å². The predicted octanol–water partition coefficient (Wildman–Crippen LogP) is 2.56. The summed E-state index contributed by atoms with van der Waals surface area (Å²) in [5, 5.41) is 6.29. The third-order valence-electron chi connectivity index (χ3n) is 3.23. The van der Waals surface area contributed by atoms with Crippen LogP contribution in [-0.4, -0.2) is 28.0 Å². The van der Waals surface area contributed by atoms with Crippen LogP contribution >= 0.6 is 11.6 Å². The van der Waals surface area contributed by atoms with Crippen LogP contribution in [0.25, 0.3) is 0 Å². The molecule has 6 heteroatoms. The Bertz CT molecular complexity index is 451. The highest BCUT2D eigenvalue weighted by Gasteiger charge is 2.14. The fourth-order valence-electron chi connectivity index (χ4n) is 2.27. The Kier molecular flexibility index (Phi) is 5.22. The molecule has 5 nitrogen and oxygen atoms in total. The van der Waals surface area contributed by atoms with E-state index in [1.807, 2.05) is 0 Å². The van der Waals surface area contributed by atoms with Crippen LogP contribution in [0.15, 0.2) is 0 Å². The molecule has 0 aliphatic heterocycles. The van der Waals surface area contributed by atoms with Crippen molar-refractivity contribution in [3.63, 3.8) is 0 Å². The Morgan fingerprint density at radius 2 is 1.79 bits per heavy atom. The molecule has 2 N–H and O–H groups in total. The summed E-state index contributed by atoms with van der Waals surface area (Å²) < 4.78 is 0. The molecular formula is C13H18ClN5. The van der Waals surface area contributed by atoms with Gasteiger partial charge in [0.05, 0.1) is 6.54 Å². The summed E-state index contributed by atoms with van der Waals surface area (Å²) in [7, 11) is 0. The van der Waals surface area contributed by atoms with E-state index in [0.29, 0.717) is 24.4 Å². The maximum Gasteiger partial charge on any atom is 0.229 e. The van der Waals surface area contributed by atoms with E-state index < -0.39 is 0 Å². The van der Waals surface area contributed by atoms with Gasteiger partial charge in [0.1, 0.15) is 0 Å². The average Bonchev–Trinajstić information content (AvgIpc) is 2.43. The van der Waals surface area contributed by atoms with Crippen molar-refractivity contribution < 1.29 is 0 Å². The molecule has 2 rings (SSSR count). The highest BCUT2D eigenvalue weighted by Crippen LogP contribution is 2.23. The lowest BCUT2D eigenvalue weighted by atomic mass is 9.89. The second-order valence-electron chi connectivity index (χ2n) is 4.69. The van der Waals surface area contributed by atoms with Crippen LogP contribution in [0, 0.1) is 18.3 Å². The van der Waals surface area contributed by atoms with Crippen LogP contribution in [0.5, 0.6) is 0 Å². The summed E-state index contributed by atoms with van der Waals surface area (Å²) in [6.45, 7) is 1.25. The third kappa shape index (κ3) is 4.56. The number of terminal acetylenes is 1. The molecular weight excluding hydrogens is 262 g/mol. The largest absolute Gasteiger partial charge is 0.354 e. The highest BCUT2D eigenvalue weighted by molar-refractivity contribution is 6.28. The summed E-state index contributed by atoms with van der Waals surface area (Å²) in [6, 6.07) is 0. The predicted molar refractivity (Wildman–Crippen MR) is 77.2 cm³/mol. The number of anilines is 2. The molecule has 0 unspecified atom stereocenters. The first-order valence-electron chi connectivity index (χ1n) is 6.60. The van der Waals surface area contributed by atoms with Gasteiger partial charge in [0.25, 0.3) is 0 Å². The molecule has 1 aromatic rings. The van der Waals surface area contributed by atoms with Crippen molar-refractivity contribution in [2.45, 2.75) is 32.1 Å². The molecule has 0 atom stereocenters. The standard InChI is InChI=1S/C13H18ClN5/c1-2-8-15-12-17-11(14)18-13(19-12)16-9-10-6-4-3-5-7-10/h1,10H,3-9H2,(H2,15,16,17,18,19). The highest BCUT2D eigenvalue weighted by atomic mass is 35.5. The molecule has 19 heavy (non-hydrogen) atoms.